The summed E-state index contributed by atoms with van der Waals surface area (Å²) in [6, 6.07) is 6.04. The Morgan fingerprint density at radius 1 is 1.39 bits per heavy atom. The fourth-order valence-corrected chi connectivity index (χ4v) is 4.21. The first kappa shape index (κ1) is 14.7. The van der Waals surface area contributed by atoms with Crippen molar-refractivity contribution < 1.29 is 9.21 Å². The Balaban J connectivity index is 1.61. The second-order valence-corrected chi connectivity index (χ2v) is 7.32. The van der Waals surface area contributed by atoms with Crippen molar-refractivity contribution in [3.63, 3.8) is 0 Å². The molecule has 23 heavy (non-hydrogen) atoms. The third-order valence-corrected chi connectivity index (χ3v) is 5.61. The van der Waals surface area contributed by atoms with Crippen LogP contribution in [0, 0.1) is 0 Å². The molecule has 3 heterocycles. The molecule has 3 aromatic heterocycles. The Hall–Kier alpha value is -1.92. The molecule has 1 saturated carbocycles. The standard InChI is InChI=1S/C17H16N2O2S2/c1-11(15-3-2-7-21-15)19(13-4-5-13)17(20)14-10-23-16(18-14)12-6-8-22-9-12/h2-3,6-11,13H,4-5H2,1H3/t11-/m1/s1. The van der Waals surface area contributed by atoms with E-state index in [0.717, 1.165) is 29.2 Å². The topological polar surface area (TPSA) is 46.3 Å². The van der Waals surface area contributed by atoms with Crippen LogP contribution in [0.1, 0.15) is 42.1 Å². The first-order chi connectivity index (χ1) is 11.2. The summed E-state index contributed by atoms with van der Waals surface area (Å²) >= 11 is 3.15. The molecule has 4 nitrogen and oxygen atoms in total. The van der Waals surface area contributed by atoms with Gasteiger partial charge in [-0.05, 0) is 43.3 Å². The minimum Gasteiger partial charge on any atom is -0.467 e. The van der Waals surface area contributed by atoms with Gasteiger partial charge in [-0.2, -0.15) is 11.3 Å². The second kappa shape index (κ2) is 5.94. The Labute approximate surface area is 142 Å². The zero-order chi connectivity index (χ0) is 15.8. The number of furan rings is 1. The van der Waals surface area contributed by atoms with Crippen LogP contribution in [-0.2, 0) is 0 Å². The molecule has 0 saturated heterocycles. The van der Waals surface area contributed by atoms with Gasteiger partial charge in [-0.15, -0.1) is 11.3 Å². The summed E-state index contributed by atoms with van der Waals surface area (Å²) in [5.74, 6) is 0.813. The zero-order valence-electron chi connectivity index (χ0n) is 12.6. The lowest BCUT2D eigenvalue weighted by Crippen LogP contribution is -2.35. The van der Waals surface area contributed by atoms with Gasteiger partial charge in [0.25, 0.3) is 5.91 Å². The molecule has 118 valence electrons. The summed E-state index contributed by atoms with van der Waals surface area (Å²) in [7, 11) is 0. The van der Waals surface area contributed by atoms with Crippen LogP contribution in [0.3, 0.4) is 0 Å². The highest BCUT2D eigenvalue weighted by atomic mass is 32.1. The van der Waals surface area contributed by atoms with Gasteiger partial charge in [-0.3, -0.25) is 4.79 Å². The van der Waals surface area contributed by atoms with Gasteiger partial charge in [0.1, 0.15) is 16.5 Å². The van der Waals surface area contributed by atoms with Gasteiger partial charge < -0.3 is 9.32 Å². The Kier molecular flexibility index (Phi) is 3.79. The van der Waals surface area contributed by atoms with E-state index in [2.05, 4.69) is 10.4 Å². The van der Waals surface area contributed by atoms with Crippen molar-refractivity contribution in [1.82, 2.24) is 9.88 Å². The summed E-state index contributed by atoms with van der Waals surface area (Å²) < 4.78 is 5.49. The third-order valence-electron chi connectivity index (χ3n) is 4.04. The number of hydrogen-bond donors (Lipinski definition) is 0. The van der Waals surface area contributed by atoms with E-state index >= 15 is 0 Å². The molecule has 1 aliphatic rings. The monoisotopic (exact) mass is 344 g/mol. The highest BCUT2D eigenvalue weighted by molar-refractivity contribution is 7.14. The van der Waals surface area contributed by atoms with Gasteiger partial charge in [-0.1, -0.05) is 0 Å². The average molecular weight is 344 g/mol. The van der Waals surface area contributed by atoms with Gasteiger partial charge in [-0.25, -0.2) is 4.98 Å². The lowest BCUT2D eigenvalue weighted by Gasteiger charge is -2.27. The number of carbonyl (C=O) groups is 1. The minimum absolute atomic E-state index is 0.00544. The van der Waals surface area contributed by atoms with E-state index < -0.39 is 0 Å². The normalized spacial score (nSPS) is 15.5. The maximum absolute atomic E-state index is 13.0. The molecule has 1 atom stereocenters. The Morgan fingerprint density at radius 3 is 2.91 bits per heavy atom. The van der Waals surface area contributed by atoms with Gasteiger partial charge in [0.05, 0.1) is 12.3 Å². The van der Waals surface area contributed by atoms with Crippen LogP contribution in [0.4, 0.5) is 0 Å². The number of amides is 1. The molecule has 0 aliphatic heterocycles. The number of nitrogens with zero attached hydrogens (tertiary/aromatic N) is 2. The molecule has 0 radical (unpaired) electrons. The fourth-order valence-electron chi connectivity index (χ4n) is 2.70. The lowest BCUT2D eigenvalue weighted by molar-refractivity contribution is 0.0647. The van der Waals surface area contributed by atoms with E-state index in [1.807, 2.05) is 40.8 Å². The molecule has 1 aliphatic carbocycles. The highest BCUT2D eigenvalue weighted by Crippen LogP contribution is 2.36. The Morgan fingerprint density at radius 2 is 2.26 bits per heavy atom. The SMILES string of the molecule is C[C@H](c1ccco1)N(C(=O)c1csc(-c2ccsc2)n1)C1CC1. The van der Waals surface area contributed by atoms with Crippen LogP contribution in [0.25, 0.3) is 10.6 Å². The summed E-state index contributed by atoms with van der Waals surface area (Å²) in [4.78, 5) is 19.4. The number of aromatic nitrogens is 1. The van der Waals surface area contributed by atoms with Crippen LogP contribution in [-0.4, -0.2) is 21.8 Å². The smallest absolute Gasteiger partial charge is 0.274 e. The van der Waals surface area contributed by atoms with E-state index in [-0.39, 0.29) is 11.9 Å². The van der Waals surface area contributed by atoms with Crippen LogP contribution in [0.2, 0.25) is 0 Å². The molecule has 0 unspecified atom stereocenters. The quantitative estimate of drug-likeness (QED) is 0.666. The summed E-state index contributed by atoms with van der Waals surface area (Å²) in [6.45, 7) is 2.02. The third kappa shape index (κ3) is 2.84. The summed E-state index contributed by atoms with van der Waals surface area (Å²) in [6.07, 6.45) is 3.76. The van der Waals surface area contributed by atoms with Gasteiger partial charge in [0.2, 0.25) is 0 Å². The second-order valence-electron chi connectivity index (χ2n) is 5.68. The van der Waals surface area contributed by atoms with E-state index in [1.54, 1.807) is 17.6 Å². The van der Waals surface area contributed by atoms with Crippen LogP contribution in [0.15, 0.2) is 45.0 Å². The van der Waals surface area contributed by atoms with Gasteiger partial charge >= 0.3 is 0 Å². The van der Waals surface area contributed by atoms with Crippen molar-refractivity contribution in [1.29, 1.82) is 0 Å². The molecule has 1 fully saturated rings. The number of hydrogen-bond acceptors (Lipinski definition) is 5. The number of thiophene rings is 1. The van der Waals surface area contributed by atoms with E-state index in [9.17, 15) is 4.79 Å². The summed E-state index contributed by atoms with van der Waals surface area (Å²) in [5.41, 5.74) is 1.61. The molecule has 0 bridgehead atoms. The molecular formula is C17H16N2O2S2. The van der Waals surface area contributed by atoms with Crippen molar-refractivity contribution in [3.05, 3.63) is 52.1 Å². The van der Waals surface area contributed by atoms with Crippen molar-refractivity contribution in [2.45, 2.75) is 31.8 Å². The largest absolute Gasteiger partial charge is 0.467 e. The van der Waals surface area contributed by atoms with Crippen LogP contribution in [0.5, 0.6) is 0 Å². The van der Waals surface area contributed by atoms with Gasteiger partial charge in [0.15, 0.2) is 0 Å². The highest BCUT2D eigenvalue weighted by Gasteiger charge is 2.38. The molecule has 0 aromatic carbocycles. The maximum atomic E-state index is 13.0. The predicted molar refractivity (Wildman–Crippen MR) is 91.7 cm³/mol. The summed E-state index contributed by atoms with van der Waals surface area (Å²) in [5, 5.41) is 6.83. The minimum atomic E-state index is -0.0729. The number of thiazole rings is 1. The first-order valence-electron chi connectivity index (χ1n) is 7.58. The molecule has 1 amide bonds. The van der Waals surface area contributed by atoms with Crippen molar-refractivity contribution in [2.24, 2.45) is 0 Å². The molecular weight excluding hydrogens is 328 g/mol. The predicted octanol–water partition coefficient (Wildman–Crippen LogP) is 4.83. The van der Waals surface area contributed by atoms with Crippen LogP contribution >= 0.6 is 22.7 Å². The maximum Gasteiger partial charge on any atom is 0.274 e. The molecule has 0 N–H and O–H groups in total. The molecule has 6 heteroatoms. The number of carbonyl (C=O) groups excluding carboxylic acids is 1. The number of rotatable bonds is 5. The molecule has 4 rings (SSSR count). The van der Waals surface area contributed by atoms with Crippen molar-refractivity contribution in [2.75, 3.05) is 0 Å². The van der Waals surface area contributed by atoms with E-state index in [4.69, 9.17) is 4.42 Å². The zero-order valence-corrected chi connectivity index (χ0v) is 14.3. The van der Waals surface area contributed by atoms with Crippen LogP contribution < -0.4 is 0 Å². The van der Waals surface area contributed by atoms with Crippen molar-refractivity contribution in [3.8, 4) is 10.6 Å². The fraction of sp³-hybridized carbons (Fsp3) is 0.294. The molecule has 3 aromatic rings. The average Bonchev–Trinajstić information content (AvgIpc) is 3.08. The van der Waals surface area contributed by atoms with E-state index in [1.165, 1.54) is 11.3 Å². The van der Waals surface area contributed by atoms with Gasteiger partial charge in [0, 0.05) is 22.4 Å². The van der Waals surface area contributed by atoms with E-state index in [0.29, 0.717) is 11.7 Å². The Bertz CT molecular complexity index is 789. The van der Waals surface area contributed by atoms with Crippen molar-refractivity contribution >= 4 is 28.6 Å². The molecule has 0 spiro atoms. The lowest BCUT2D eigenvalue weighted by atomic mass is 10.2. The first-order valence-corrected chi connectivity index (χ1v) is 9.40.